The summed E-state index contributed by atoms with van der Waals surface area (Å²) in [5, 5.41) is 7.62. The second-order valence-corrected chi connectivity index (χ2v) is 8.52. The summed E-state index contributed by atoms with van der Waals surface area (Å²) in [6, 6.07) is 1.72. The topological polar surface area (TPSA) is 97.4 Å². The lowest BCUT2D eigenvalue weighted by Gasteiger charge is -2.33. The fourth-order valence-electron chi connectivity index (χ4n) is 4.40. The molecule has 1 fully saturated rings. The van der Waals surface area contributed by atoms with E-state index in [4.69, 9.17) is 9.61 Å². The Morgan fingerprint density at radius 1 is 1.23 bits per heavy atom. The minimum Gasteiger partial charge on any atom is -0.339 e. The molecular formula is C21H30N6O3. The lowest BCUT2D eigenvalue weighted by molar-refractivity contribution is -0.132. The maximum Gasteiger partial charge on any atom is 0.253 e. The van der Waals surface area contributed by atoms with Gasteiger partial charge in [0.25, 0.3) is 5.56 Å². The molecule has 0 spiro atoms. The van der Waals surface area contributed by atoms with Crippen molar-refractivity contribution in [2.24, 2.45) is 0 Å². The normalized spacial score (nSPS) is 19.9. The molecule has 0 aliphatic carbocycles. The fraction of sp³-hybridized carbons (Fsp3) is 0.667. The van der Waals surface area contributed by atoms with E-state index in [0.29, 0.717) is 24.5 Å². The number of piperidine rings is 1. The molecule has 9 heteroatoms. The van der Waals surface area contributed by atoms with E-state index in [0.717, 1.165) is 69.7 Å². The third-order valence-corrected chi connectivity index (χ3v) is 6.23. The first-order valence-electron chi connectivity index (χ1n) is 10.9. The number of rotatable bonds is 5. The van der Waals surface area contributed by atoms with Gasteiger partial charge in [-0.25, -0.2) is 9.61 Å². The van der Waals surface area contributed by atoms with Gasteiger partial charge in [0.15, 0.2) is 0 Å². The molecule has 4 rings (SSSR count). The molecule has 9 nitrogen and oxygen atoms in total. The number of hydrogen-bond acceptors (Lipinski definition) is 7. The van der Waals surface area contributed by atoms with Crippen LogP contribution < -0.4 is 5.56 Å². The molecule has 162 valence electrons. The summed E-state index contributed by atoms with van der Waals surface area (Å²) in [6.45, 7) is 4.95. The van der Waals surface area contributed by atoms with E-state index >= 15 is 0 Å². The molecular weight excluding hydrogens is 384 g/mol. The van der Waals surface area contributed by atoms with Crippen LogP contribution in [0.4, 0.5) is 0 Å². The Morgan fingerprint density at radius 2 is 2.10 bits per heavy atom. The highest BCUT2D eigenvalue weighted by Gasteiger charge is 2.26. The highest BCUT2D eigenvalue weighted by atomic mass is 16.6. The maximum absolute atomic E-state index is 12.7. The molecule has 1 amide bonds. The Labute approximate surface area is 176 Å². The van der Waals surface area contributed by atoms with Crippen LogP contribution in [0.2, 0.25) is 0 Å². The van der Waals surface area contributed by atoms with Gasteiger partial charge >= 0.3 is 0 Å². The lowest BCUT2D eigenvalue weighted by atomic mass is 9.94. The zero-order valence-electron chi connectivity index (χ0n) is 17.8. The number of aromatic nitrogens is 4. The second kappa shape index (κ2) is 9.07. The smallest absolute Gasteiger partial charge is 0.253 e. The summed E-state index contributed by atoms with van der Waals surface area (Å²) in [5.74, 6) is 1.16. The molecule has 0 radical (unpaired) electrons. The van der Waals surface area contributed by atoms with Gasteiger partial charge in [0, 0.05) is 38.5 Å². The number of amides is 1. The van der Waals surface area contributed by atoms with Gasteiger partial charge in [-0.1, -0.05) is 16.7 Å². The molecule has 0 aromatic carbocycles. The van der Waals surface area contributed by atoms with Crippen LogP contribution in [0, 0.1) is 6.92 Å². The molecule has 2 aromatic heterocycles. The summed E-state index contributed by atoms with van der Waals surface area (Å²) in [6.07, 6.45) is 6.15. The molecule has 0 saturated carbocycles. The van der Waals surface area contributed by atoms with Gasteiger partial charge in [0.2, 0.25) is 5.91 Å². The number of likely N-dealkylation sites (tertiary alicyclic amines) is 1. The summed E-state index contributed by atoms with van der Waals surface area (Å²) >= 11 is 0. The monoisotopic (exact) mass is 414 g/mol. The van der Waals surface area contributed by atoms with Crippen LogP contribution in [-0.2, 0) is 24.3 Å². The number of carbonyl (C=O) groups excluding carboxylic acids is 1. The second-order valence-electron chi connectivity index (χ2n) is 8.52. The Bertz CT molecular complexity index is 952. The van der Waals surface area contributed by atoms with Crippen LogP contribution in [0.25, 0.3) is 0 Å². The zero-order chi connectivity index (χ0) is 21.1. The van der Waals surface area contributed by atoms with Crippen molar-refractivity contribution < 1.29 is 9.42 Å². The number of aryl methyl sites for hydroxylation is 2. The largest absolute Gasteiger partial charge is 0.339 e. The third kappa shape index (κ3) is 4.61. The molecule has 4 heterocycles. The van der Waals surface area contributed by atoms with Crippen LogP contribution in [0.1, 0.15) is 60.9 Å². The van der Waals surface area contributed by atoms with Crippen molar-refractivity contribution in [3.05, 3.63) is 39.3 Å². The van der Waals surface area contributed by atoms with Crippen molar-refractivity contribution in [1.82, 2.24) is 29.7 Å². The molecule has 2 aliphatic rings. The first kappa shape index (κ1) is 20.7. The first-order valence-corrected chi connectivity index (χ1v) is 10.9. The van der Waals surface area contributed by atoms with E-state index in [2.05, 4.69) is 15.2 Å². The van der Waals surface area contributed by atoms with Crippen LogP contribution in [-0.4, -0.2) is 62.3 Å². The zero-order valence-corrected chi connectivity index (χ0v) is 17.8. The van der Waals surface area contributed by atoms with Crippen molar-refractivity contribution in [1.29, 1.82) is 0 Å². The van der Waals surface area contributed by atoms with Gasteiger partial charge in [0.05, 0.1) is 18.8 Å². The summed E-state index contributed by atoms with van der Waals surface area (Å²) in [7, 11) is 1.77. The van der Waals surface area contributed by atoms with Crippen LogP contribution in [0.5, 0.6) is 0 Å². The summed E-state index contributed by atoms with van der Waals surface area (Å²) < 4.78 is 6.56. The Morgan fingerprint density at radius 3 is 2.90 bits per heavy atom. The van der Waals surface area contributed by atoms with Crippen molar-refractivity contribution in [2.75, 3.05) is 26.7 Å². The summed E-state index contributed by atoms with van der Waals surface area (Å²) in [5.41, 5.74) is 2.34. The van der Waals surface area contributed by atoms with E-state index in [9.17, 15) is 9.59 Å². The maximum atomic E-state index is 12.7. The molecule has 0 unspecified atom stereocenters. The van der Waals surface area contributed by atoms with E-state index in [-0.39, 0.29) is 17.4 Å². The molecule has 1 atom stereocenters. The van der Waals surface area contributed by atoms with Gasteiger partial charge in [-0.2, -0.15) is 0 Å². The van der Waals surface area contributed by atoms with Crippen molar-refractivity contribution >= 4 is 5.91 Å². The number of likely N-dealkylation sites (N-methyl/N-ethyl adjacent to an activating group) is 1. The number of fused-ring (bicyclic) bond motifs is 1. The molecule has 1 saturated heterocycles. The van der Waals surface area contributed by atoms with Crippen molar-refractivity contribution in [2.45, 2.75) is 64.5 Å². The first-order chi connectivity index (χ1) is 14.5. The highest BCUT2D eigenvalue weighted by Crippen LogP contribution is 2.26. The Kier molecular flexibility index (Phi) is 6.26. The predicted octanol–water partition coefficient (Wildman–Crippen LogP) is 1.50. The van der Waals surface area contributed by atoms with Gasteiger partial charge in [-0.15, -0.1) is 0 Å². The van der Waals surface area contributed by atoms with Gasteiger partial charge in [0.1, 0.15) is 17.2 Å². The number of hydrogen-bond donors (Lipinski definition) is 0. The van der Waals surface area contributed by atoms with Crippen molar-refractivity contribution in [3.8, 4) is 0 Å². The molecule has 0 N–H and O–H groups in total. The van der Waals surface area contributed by atoms with Crippen molar-refractivity contribution in [3.63, 3.8) is 0 Å². The average Bonchev–Trinajstić information content (AvgIpc) is 2.98. The standard InChI is InChI=1S/C21H30N6O3/c1-15-18(24-30-23-15)13-25(2)21(29)14-26-9-6-7-16(12-26)17-11-20(28)27-10-5-3-4-8-19(27)22-17/h11,16H,3-10,12-14H2,1-2H3/t16-/m0/s1. The Hall–Kier alpha value is -2.55. The quantitative estimate of drug-likeness (QED) is 0.731. The molecule has 2 aliphatic heterocycles. The third-order valence-electron chi connectivity index (χ3n) is 6.23. The minimum absolute atomic E-state index is 0.0352. The fourth-order valence-corrected chi connectivity index (χ4v) is 4.40. The van der Waals surface area contributed by atoms with Gasteiger partial charge in [-0.05, 0) is 39.2 Å². The SMILES string of the molecule is Cc1nonc1CN(C)C(=O)CN1CCC[C@H](c2cc(=O)n3c(n2)CCCCC3)C1. The number of nitrogens with zero attached hydrogens (tertiary/aromatic N) is 6. The van der Waals surface area contributed by atoms with Crippen LogP contribution >= 0.6 is 0 Å². The molecule has 2 aromatic rings. The Balaban J connectivity index is 1.40. The molecule has 30 heavy (non-hydrogen) atoms. The highest BCUT2D eigenvalue weighted by molar-refractivity contribution is 5.78. The lowest BCUT2D eigenvalue weighted by Crippen LogP contribution is -2.43. The van der Waals surface area contributed by atoms with Gasteiger partial charge in [-0.3, -0.25) is 19.1 Å². The summed E-state index contributed by atoms with van der Waals surface area (Å²) in [4.78, 5) is 34.1. The van der Waals surface area contributed by atoms with Crippen LogP contribution in [0.15, 0.2) is 15.5 Å². The van der Waals surface area contributed by atoms with Gasteiger partial charge < -0.3 is 4.90 Å². The predicted molar refractivity (Wildman–Crippen MR) is 110 cm³/mol. The van der Waals surface area contributed by atoms with E-state index in [1.54, 1.807) is 18.0 Å². The minimum atomic E-state index is 0.0352. The van der Waals surface area contributed by atoms with E-state index < -0.39 is 0 Å². The number of carbonyl (C=O) groups is 1. The van der Waals surface area contributed by atoms with E-state index in [1.165, 1.54) is 0 Å². The van der Waals surface area contributed by atoms with Crippen LogP contribution in [0.3, 0.4) is 0 Å². The average molecular weight is 415 g/mol. The van der Waals surface area contributed by atoms with E-state index in [1.807, 2.05) is 11.5 Å². The molecule has 0 bridgehead atoms.